The molecule has 0 aliphatic rings. The number of pyridine rings is 1. The van der Waals surface area contributed by atoms with Gasteiger partial charge < -0.3 is 14.8 Å². The summed E-state index contributed by atoms with van der Waals surface area (Å²) in [6.45, 7) is 4.57. The molecule has 1 rings (SSSR count). The maximum atomic E-state index is 11.4. The van der Waals surface area contributed by atoms with Crippen molar-refractivity contribution in [3.63, 3.8) is 0 Å². The van der Waals surface area contributed by atoms with E-state index in [0.29, 0.717) is 13.2 Å². The summed E-state index contributed by atoms with van der Waals surface area (Å²) in [7, 11) is 1.22. The summed E-state index contributed by atoms with van der Waals surface area (Å²) in [5.41, 5.74) is -0.204. The number of carbonyl (C=O) groups excluding carboxylic acids is 1. The molecule has 0 saturated heterocycles. The van der Waals surface area contributed by atoms with Crippen molar-refractivity contribution in [1.29, 1.82) is 0 Å². The molecule has 0 spiro atoms. The van der Waals surface area contributed by atoms with E-state index in [0.717, 1.165) is 0 Å². The summed E-state index contributed by atoms with van der Waals surface area (Å²) in [6.07, 6.45) is 0. The Morgan fingerprint density at radius 2 is 2.25 bits per heavy atom. The van der Waals surface area contributed by atoms with E-state index in [2.05, 4.69) is 15.0 Å². The van der Waals surface area contributed by atoms with Gasteiger partial charge in [-0.3, -0.25) is 10.1 Å². The molecule has 1 atom stereocenters. The molecule has 8 nitrogen and oxygen atoms in total. The molecule has 0 saturated carbocycles. The fourth-order valence-electron chi connectivity index (χ4n) is 1.49. The molecule has 1 heterocycles. The SMILES string of the molecule is CCOCC(C)Nc1nc(C(=O)OC)ccc1[N+](=O)[O-]. The van der Waals surface area contributed by atoms with Gasteiger partial charge in [0.1, 0.15) is 0 Å². The molecule has 1 N–H and O–H groups in total. The van der Waals surface area contributed by atoms with E-state index in [-0.39, 0.29) is 23.2 Å². The number of aromatic nitrogens is 1. The number of nitrogens with zero attached hydrogens (tertiary/aromatic N) is 2. The predicted molar refractivity (Wildman–Crippen MR) is 71.8 cm³/mol. The smallest absolute Gasteiger partial charge is 0.356 e. The minimum atomic E-state index is -0.652. The Morgan fingerprint density at radius 1 is 1.55 bits per heavy atom. The summed E-state index contributed by atoms with van der Waals surface area (Å²) < 4.78 is 9.75. The van der Waals surface area contributed by atoms with Crippen molar-refractivity contribution >= 4 is 17.5 Å². The van der Waals surface area contributed by atoms with Gasteiger partial charge in [0.2, 0.25) is 5.82 Å². The van der Waals surface area contributed by atoms with Crippen molar-refractivity contribution in [3.05, 3.63) is 27.9 Å². The molecule has 1 aromatic rings. The average Bonchev–Trinajstić information content (AvgIpc) is 2.43. The molecular formula is C12H17N3O5. The average molecular weight is 283 g/mol. The zero-order valence-electron chi connectivity index (χ0n) is 11.6. The number of carbonyl (C=O) groups is 1. The maximum Gasteiger partial charge on any atom is 0.356 e. The van der Waals surface area contributed by atoms with Gasteiger partial charge in [0.25, 0.3) is 0 Å². The number of nitrogens with one attached hydrogen (secondary N) is 1. The minimum absolute atomic E-state index is 0.00390. The monoisotopic (exact) mass is 283 g/mol. The molecule has 1 unspecified atom stereocenters. The van der Waals surface area contributed by atoms with Crippen LogP contribution in [0.2, 0.25) is 0 Å². The van der Waals surface area contributed by atoms with Gasteiger partial charge in [-0.1, -0.05) is 0 Å². The molecular weight excluding hydrogens is 266 g/mol. The van der Waals surface area contributed by atoms with Crippen molar-refractivity contribution in [2.75, 3.05) is 25.6 Å². The Balaban J connectivity index is 2.99. The Labute approximate surface area is 116 Å². The van der Waals surface area contributed by atoms with Gasteiger partial charge in [-0.15, -0.1) is 0 Å². The lowest BCUT2D eigenvalue weighted by atomic mass is 10.3. The van der Waals surface area contributed by atoms with E-state index in [1.807, 2.05) is 6.92 Å². The third-order valence-corrected chi connectivity index (χ3v) is 2.42. The fraction of sp³-hybridized carbons (Fsp3) is 0.500. The van der Waals surface area contributed by atoms with E-state index in [9.17, 15) is 14.9 Å². The fourth-order valence-corrected chi connectivity index (χ4v) is 1.49. The number of rotatable bonds is 7. The van der Waals surface area contributed by atoms with Crippen LogP contribution in [0.25, 0.3) is 0 Å². The molecule has 0 amide bonds. The number of ether oxygens (including phenoxy) is 2. The van der Waals surface area contributed by atoms with Crippen molar-refractivity contribution in [3.8, 4) is 0 Å². The first-order valence-corrected chi connectivity index (χ1v) is 6.07. The Kier molecular flexibility index (Phi) is 5.85. The summed E-state index contributed by atoms with van der Waals surface area (Å²) in [4.78, 5) is 25.7. The number of hydrogen-bond acceptors (Lipinski definition) is 7. The third kappa shape index (κ3) is 4.16. The van der Waals surface area contributed by atoms with Crippen LogP contribution in [0.5, 0.6) is 0 Å². The van der Waals surface area contributed by atoms with Crippen LogP contribution in [0.15, 0.2) is 12.1 Å². The lowest BCUT2D eigenvalue weighted by Crippen LogP contribution is -2.23. The topological polar surface area (TPSA) is 104 Å². The zero-order chi connectivity index (χ0) is 15.1. The largest absolute Gasteiger partial charge is 0.464 e. The Hall–Kier alpha value is -2.22. The summed E-state index contributed by atoms with van der Waals surface area (Å²) in [6, 6.07) is 2.28. The van der Waals surface area contributed by atoms with E-state index in [4.69, 9.17) is 4.74 Å². The van der Waals surface area contributed by atoms with Gasteiger partial charge in [0, 0.05) is 18.7 Å². The highest BCUT2D eigenvalue weighted by Crippen LogP contribution is 2.23. The van der Waals surface area contributed by atoms with Crippen LogP contribution in [0.4, 0.5) is 11.5 Å². The van der Waals surface area contributed by atoms with Crippen LogP contribution in [-0.2, 0) is 9.47 Å². The second-order valence-electron chi connectivity index (χ2n) is 4.02. The number of anilines is 1. The van der Waals surface area contributed by atoms with Gasteiger partial charge in [-0.25, -0.2) is 9.78 Å². The quantitative estimate of drug-likeness (QED) is 0.460. The molecule has 0 fully saturated rings. The number of esters is 1. The second-order valence-corrected chi connectivity index (χ2v) is 4.02. The highest BCUT2D eigenvalue weighted by atomic mass is 16.6. The van der Waals surface area contributed by atoms with E-state index < -0.39 is 10.9 Å². The standard InChI is InChI=1S/C12H17N3O5/c1-4-20-7-8(2)13-11-10(15(17)18)6-5-9(14-11)12(16)19-3/h5-6,8H,4,7H2,1-3H3,(H,13,14). The summed E-state index contributed by atoms with van der Waals surface area (Å²) >= 11 is 0. The number of nitro groups is 1. The highest BCUT2D eigenvalue weighted by Gasteiger charge is 2.20. The summed E-state index contributed by atoms with van der Waals surface area (Å²) in [5, 5.41) is 13.8. The first-order valence-electron chi connectivity index (χ1n) is 6.07. The van der Waals surface area contributed by atoms with Crippen molar-refractivity contribution in [2.45, 2.75) is 19.9 Å². The first-order chi connectivity index (χ1) is 9.49. The van der Waals surface area contributed by atoms with Crippen LogP contribution in [0.1, 0.15) is 24.3 Å². The van der Waals surface area contributed by atoms with Crippen LogP contribution in [-0.4, -0.2) is 42.2 Å². The first kappa shape index (κ1) is 15.8. The Morgan fingerprint density at radius 3 is 2.80 bits per heavy atom. The maximum absolute atomic E-state index is 11.4. The minimum Gasteiger partial charge on any atom is -0.464 e. The van der Waals surface area contributed by atoms with Crippen LogP contribution in [0.3, 0.4) is 0 Å². The molecule has 0 aliphatic heterocycles. The van der Waals surface area contributed by atoms with Crippen molar-refractivity contribution in [2.24, 2.45) is 0 Å². The van der Waals surface area contributed by atoms with Gasteiger partial charge >= 0.3 is 11.7 Å². The summed E-state index contributed by atoms with van der Waals surface area (Å²) in [5.74, 6) is -0.634. The van der Waals surface area contributed by atoms with Gasteiger partial charge in [-0.05, 0) is 19.9 Å². The molecule has 8 heteroatoms. The van der Waals surface area contributed by atoms with Crippen LogP contribution >= 0.6 is 0 Å². The third-order valence-electron chi connectivity index (χ3n) is 2.42. The molecule has 0 aliphatic carbocycles. The van der Waals surface area contributed by atoms with Gasteiger partial charge in [-0.2, -0.15) is 0 Å². The van der Waals surface area contributed by atoms with E-state index >= 15 is 0 Å². The highest BCUT2D eigenvalue weighted by molar-refractivity contribution is 5.88. The lowest BCUT2D eigenvalue weighted by Gasteiger charge is -2.14. The normalized spacial score (nSPS) is 11.8. The Bertz CT molecular complexity index is 492. The zero-order valence-corrected chi connectivity index (χ0v) is 11.6. The number of hydrogen-bond donors (Lipinski definition) is 1. The molecule has 0 radical (unpaired) electrons. The molecule has 0 bridgehead atoms. The van der Waals surface area contributed by atoms with E-state index in [1.54, 1.807) is 6.92 Å². The number of methoxy groups -OCH3 is 1. The predicted octanol–water partition coefficient (Wildman–Crippen LogP) is 1.61. The molecule has 1 aromatic heterocycles. The van der Waals surface area contributed by atoms with Crippen LogP contribution < -0.4 is 5.32 Å². The van der Waals surface area contributed by atoms with Crippen molar-refractivity contribution in [1.82, 2.24) is 4.98 Å². The molecule has 0 aromatic carbocycles. The van der Waals surface area contributed by atoms with Crippen LogP contribution in [0, 0.1) is 10.1 Å². The van der Waals surface area contributed by atoms with Gasteiger partial charge in [0.15, 0.2) is 5.69 Å². The second kappa shape index (κ2) is 7.39. The van der Waals surface area contributed by atoms with Gasteiger partial charge in [0.05, 0.1) is 18.6 Å². The van der Waals surface area contributed by atoms with E-state index in [1.165, 1.54) is 19.2 Å². The van der Waals surface area contributed by atoms with Crippen molar-refractivity contribution < 1.29 is 19.2 Å². The molecule has 110 valence electrons. The molecule has 20 heavy (non-hydrogen) atoms. The lowest BCUT2D eigenvalue weighted by molar-refractivity contribution is -0.384.